The van der Waals surface area contributed by atoms with Crippen LogP contribution in [0.2, 0.25) is 0 Å². The van der Waals surface area contributed by atoms with Crippen molar-refractivity contribution in [2.24, 2.45) is 10.4 Å². The van der Waals surface area contributed by atoms with Gasteiger partial charge in [0.1, 0.15) is 0 Å². The summed E-state index contributed by atoms with van der Waals surface area (Å²) in [6, 6.07) is 10.4. The number of hydrogen-bond donors (Lipinski definition) is 3. The van der Waals surface area contributed by atoms with Gasteiger partial charge in [-0.1, -0.05) is 44.2 Å². The van der Waals surface area contributed by atoms with Gasteiger partial charge in [-0.25, -0.2) is 0 Å². The first-order chi connectivity index (χ1) is 11.4. The van der Waals surface area contributed by atoms with Crippen LogP contribution < -0.4 is 10.6 Å². The summed E-state index contributed by atoms with van der Waals surface area (Å²) >= 11 is 0. The topological polar surface area (TPSA) is 65.9 Å². The van der Waals surface area contributed by atoms with Crippen molar-refractivity contribution in [3.8, 4) is 0 Å². The second-order valence-corrected chi connectivity index (χ2v) is 7.30. The monoisotopic (exact) mass is 333 g/mol. The molecule has 1 saturated carbocycles. The van der Waals surface area contributed by atoms with Crippen LogP contribution in [-0.4, -0.2) is 50.0 Å². The number of benzene rings is 1. The van der Waals surface area contributed by atoms with E-state index in [-0.39, 0.29) is 23.5 Å². The van der Waals surface area contributed by atoms with E-state index in [1.54, 1.807) is 14.2 Å². The van der Waals surface area contributed by atoms with Crippen LogP contribution in [0.4, 0.5) is 0 Å². The fraction of sp³-hybridized carbons (Fsp3) is 0.632. The summed E-state index contributed by atoms with van der Waals surface area (Å²) in [7, 11) is 3.55. The Kier molecular flexibility index (Phi) is 5.88. The highest BCUT2D eigenvalue weighted by Gasteiger charge is 2.58. The number of guanidine groups is 1. The van der Waals surface area contributed by atoms with Gasteiger partial charge in [-0.15, -0.1) is 0 Å². The number of aliphatic imine (C=N–C) groups is 1. The van der Waals surface area contributed by atoms with Crippen molar-refractivity contribution in [2.45, 2.75) is 44.8 Å². The van der Waals surface area contributed by atoms with Crippen LogP contribution in [0.25, 0.3) is 0 Å². The molecule has 0 radical (unpaired) electrons. The van der Waals surface area contributed by atoms with E-state index < -0.39 is 0 Å². The Morgan fingerprint density at radius 1 is 1.33 bits per heavy atom. The second-order valence-electron chi connectivity index (χ2n) is 7.30. The van der Waals surface area contributed by atoms with Crippen molar-refractivity contribution in [1.82, 2.24) is 10.6 Å². The first kappa shape index (κ1) is 18.7. The molecule has 0 heterocycles. The predicted molar refractivity (Wildman–Crippen MR) is 98.4 cm³/mol. The predicted octanol–water partition coefficient (Wildman–Crippen LogP) is 2.13. The standard InChI is InChI=1S/C19H31N3O2/c1-18(2)16(11-19(18,3)24-5)22-17(20-4)21-12-15(13-23)14-9-7-6-8-10-14/h6-10,15-16,23H,11-13H2,1-5H3,(H2,20,21,22). The summed E-state index contributed by atoms with van der Waals surface area (Å²) in [4.78, 5) is 4.32. The van der Waals surface area contributed by atoms with Gasteiger partial charge in [0.15, 0.2) is 5.96 Å². The molecule has 0 amide bonds. The van der Waals surface area contributed by atoms with Crippen LogP contribution >= 0.6 is 0 Å². The fourth-order valence-electron chi connectivity index (χ4n) is 3.32. The highest BCUT2D eigenvalue weighted by atomic mass is 16.5. The second kappa shape index (κ2) is 7.53. The smallest absolute Gasteiger partial charge is 0.191 e. The van der Waals surface area contributed by atoms with E-state index in [9.17, 15) is 5.11 Å². The molecule has 1 aromatic rings. The molecular weight excluding hydrogens is 302 g/mol. The zero-order valence-corrected chi connectivity index (χ0v) is 15.5. The average Bonchev–Trinajstić information content (AvgIpc) is 2.60. The Balaban J connectivity index is 1.92. The van der Waals surface area contributed by atoms with Crippen molar-refractivity contribution in [1.29, 1.82) is 0 Å². The molecule has 0 aromatic heterocycles. The molecule has 5 nitrogen and oxygen atoms in total. The third kappa shape index (κ3) is 3.57. The third-order valence-electron chi connectivity index (χ3n) is 5.82. The summed E-state index contributed by atoms with van der Waals surface area (Å²) in [5.74, 6) is 0.809. The summed E-state index contributed by atoms with van der Waals surface area (Å²) in [6.45, 7) is 7.31. The van der Waals surface area contributed by atoms with E-state index in [0.29, 0.717) is 12.6 Å². The molecule has 3 unspecified atom stereocenters. The molecule has 3 N–H and O–H groups in total. The SMILES string of the molecule is CN=C(NCC(CO)c1ccccc1)NC1CC(C)(OC)C1(C)C. The zero-order valence-electron chi connectivity index (χ0n) is 15.5. The van der Waals surface area contributed by atoms with E-state index in [1.807, 2.05) is 30.3 Å². The molecule has 1 aliphatic rings. The third-order valence-corrected chi connectivity index (χ3v) is 5.82. The van der Waals surface area contributed by atoms with Crippen LogP contribution in [0.1, 0.15) is 38.7 Å². The lowest BCUT2D eigenvalue weighted by Crippen LogP contribution is -2.69. The minimum atomic E-state index is -0.110. The summed E-state index contributed by atoms with van der Waals surface area (Å²) in [5, 5.41) is 16.5. The summed E-state index contributed by atoms with van der Waals surface area (Å²) in [6.07, 6.45) is 0.944. The molecule has 24 heavy (non-hydrogen) atoms. The number of nitrogens with one attached hydrogen (secondary N) is 2. The maximum absolute atomic E-state index is 9.67. The molecule has 0 aliphatic heterocycles. The van der Waals surface area contributed by atoms with Crippen LogP contribution in [0, 0.1) is 5.41 Å². The van der Waals surface area contributed by atoms with Crippen LogP contribution in [0.3, 0.4) is 0 Å². The lowest BCUT2D eigenvalue weighted by atomic mass is 9.56. The van der Waals surface area contributed by atoms with Crippen LogP contribution in [-0.2, 0) is 4.74 Å². The zero-order chi connectivity index (χ0) is 17.8. The average molecular weight is 333 g/mol. The maximum atomic E-state index is 9.67. The molecule has 0 bridgehead atoms. The van der Waals surface area contributed by atoms with Gasteiger partial charge in [0.25, 0.3) is 0 Å². The first-order valence-electron chi connectivity index (χ1n) is 8.56. The van der Waals surface area contributed by atoms with Crippen molar-refractivity contribution in [2.75, 3.05) is 27.3 Å². The Morgan fingerprint density at radius 3 is 2.50 bits per heavy atom. The number of ether oxygens (including phenoxy) is 1. The maximum Gasteiger partial charge on any atom is 0.191 e. The molecule has 0 spiro atoms. The van der Waals surface area contributed by atoms with Gasteiger partial charge in [-0.3, -0.25) is 4.99 Å². The lowest BCUT2D eigenvalue weighted by molar-refractivity contribution is -0.176. The minimum absolute atomic E-state index is 0.0230. The molecule has 5 heteroatoms. The Labute approximate surface area is 145 Å². The van der Waals surface area contributed by atoms with E-state index in [1.165, 1.54) is 0 Å². The van der Waals surface area contributed by atoms with Crippen LogP contribution in [0.15, 0.2) is 35.3 Å². The number of nitrogens with zero attached hydrogens (tertiary/aromatic N) is 1. The van der Waals surface area contributed by atoms with Gasteiger partial charge in [-0.05, 0) is 18.9 Å². The number of rotatable bonds is 6. The van der Waals surface area contributed by atoms with Gasteiger partial charge < -0.3 is 20.5 Å². The Morgan fingerprint density at radius 2 is 2.00 bits per heavy atom. The molecule has 134 valence electrons. The van der Waals surface area contributed by atoms with E-state index in [4.69, 9.17) is 4.74 Å². The van der Waals surface area contributed by atoms with E-state index in [2.05, 4.69) is 36.4 Å². The molecule has 1 aliphatic carbocycles. The number of aliphatic hydroxyl groups is 1. The van der Waals surface area contributed by atoms with Gasteiger partial charge in [0, 0.05) is 38.1 Å². The summed E-state index contributed by atoms with van der Waals surface area (Å²) < 4.78 is 5.67. The minimum Gasteiger partial charge on any atom is -0.396 e. The van der Waals surface area contributed by atoms with E-state index >= 15 is 0 Å². The molecule has 1 aromatic carbocycles. The first-order valence-corrected chi connectivity index (χ1v) is 8.56. The van der Waals surface area contributed by atoms with Crippen molar-refractivity contribution in [3.63, 3.8) is 0 Å². The van der Waals surface area contributed by atoms with Gasteiger partial charge in [-0.2, -0.15) is 0 Å². The number of hydrogen-bond acceptors (Lipinski definition) is 3. The lowest BCUT2D eigenvalue weighted by Gasteiger charge is -2.59. The molecule has 1 fully saturated rings. The molecular formula is C19H31N3O2. The van der Waals surface area contributed by atoms with Gasteiger partial charge >= 0.3 is 0 Å². The van der Waals surface area contributed by atoms with Gasteiger partial charge in [0.05, 0.1) is 12.2 Å². The van der Waals surface area contributed by atoms with Crippen LogP contribution in [0.5, 0.6) is 0 Å². The number of aliphatic hydroxyl groups excluding tert-OH is 1. The number of methoxy groups -OCH3 is 1. The van der Waals surface area contributed by atoms with Crippen molar-refractivity contribution >= 4 is 5.96 Å². The normalized spacial score (nSPS) is 27.2. The summed E-state index contributed by atoms with van der Waals surface area (Å²) in [5.41, 5.74) is 1.04. The molecule has 2 rings (SSSR count). The quantitative estimate of drug-likeness (QED) is 0.551. The Hall–Kier alpha value is -1.59. The Bertz CT molecular complexity index is 559. The highest BCUT2D eigenvalue weighted by molar-refractivity contribution is 5.80. The fourth-order valence-corrected chi connectivity index (χ4v) is 3.32. The van der Waals surface area contributed by atoms with Gasteiger partial charge in [0.2, 0.25) is 0 Å². The highest BCUT2D eigenvalue weighted by Crippen LogP contribution is 2.51. The molecule has 0 saturated heterocycles. The largest absolute Gasteiger partial charge is 0.396 e. The van der Waals surface area contributed by atoms with E-state index in [0.717, 1.165) is 17.9 Å². The van der Waals surface area contributed by atoms with Crippen molar-refractivity contribution in [3.05, 3.63) is 35.9 Å². The molecule has 3 atom stereocenters. The van der Waals surface area contributed by atoms with Crippen molar-refractivity contribution < 1.29 is 9.84 Å².